The molecule has 1 aliphatic rings. The highest BCUT2D eigenvalue weighted by Gasteiger charge is 2.24. The van der Waals surface area contributed by atoms with E-state index in [2.05, 4.69) is 24.1 Å². The van der Waals surface area contributed by atoms with Crippen molar-refractivity contribution in [2.75, 3.05) is 11.9 Å². The number of aliphatic hydroxyl groups excluding tert-OH is 1. The predicted octanol–water partition coefficient (Wildman–Crippen LogP) is 3.10. The van der Waals surface area contributed by atoms with Gasteiger partial charge in [0, 0.05) is 17.2 Å². The molecule has 0 saturated heterocycles. The fraction of sp³-hybridized carbons (Fsp3) is 0.500. The van der Waals surface area contributed by atoms with Crippen LogP contribution < -0.4 is 5.32 Å². The highest BCUT2D eigenvalue weighted by molar-refractivity contribution is 5.93. The third-order valence-corrected chi connectivity index (χ3v) is 4.18. The second-order valence-corrected chi connectivity index (χ2v) is 5.94. The number of aliphatic hydroxyl groups is 1. The Balaban J connectivity index is 2.01. The van der Waals surface area contributed by atoms with Crippen molar-refractivity contribution in [2.24, 2.45) is 11.8 Å². The van der Waals surface area contributed by atoms with Crippen molar-refractivity contribution >= 4 is 11.6 Å². The van der Waals surface area contributed by atoms with Gasteiger partial charge in [-0.05, 0) is 62.3 Å². The lowest BCUT2D eigenvalue weighted by molar-refractivity contribution is -0.121. The van der Waals surface area contributed by atoms with Gasteiger partial charge in [0.2, 0.25) is 5.91 Å². The van der Waals surface area contributed by atoms with Gasteiger partial charge < -0.3 is 10.4 Å². The van der Waals surface area contributed by atoms with Crippen molar-refractivity contribution in [3.8, 4) is 11.8 Å². The van der Waals surface area contributed by atoms with Crippen LogP contribution in [0.5, 0.6) is 0 Å². The van der Waals surface area contributed by atoms with Gasteiger partial charge in [0.1, 0.15) is 6.61 Å². The fourth-order valence-electron chi connectivity index (χ4n) is 2.78. The van der Waals surface area contributed by atoms with Gasteiger partial charge in [0.15, 0.2) is 0 Å². The van der Waals surface area contributed by atoms with Gasteiger partial charge >= 0.3 is 0 Å². The summed E-state index contributed by atoms with van der Waals surface area (Å²) in [6.45, 7) is 4.07. The molecule has 0 aliphatic heterocycles. The Morgan fingerprint density at radius 2 is 2.05 bits per heavy atom. The highest BCUT2D eigenvalue weighted by atomic mass is 16.2. The van der Waals surface area contributed by atoms with E-state index in [1.54, 1.807) is 0 Å². The van der Waals surface area contributed by atoms with Crippen LogP contribution in [0.2, 0.25) is 0 Å². The van der Waals surface area contributed by atoms with Gasteiger partial charge in [-0.1, -0.05) is 18.8 Å². The van der Waals surface area contributed by atoms with Crippen molar-refractivity contribution < 1.29 is 9.90 Å². The van der Waals surface area contributed by atoms with E-state index in [-0.39, 0.29) is 18.4 Å². The van der Waals surface area contributed by atoms with Crippen LogP contribution in [-0.2, 0) is 4.79 Å². The number of nitrogens with one attached hydrogen (secondary N) is 1. The Bertz CT molecular complexity index is 560. The Kier molecular flexibility index (Phi) is 5.41. The van der Waals surface area contributed by atoms with Crippen LogP contribution in [0.25, 0.3) is 0 Å². The second kappa shape index (κ2) is 7.28. The van der Waals surface area contributed by atoms with Crippen LogP contribution in [0.1, 0.15) is 43.7 Å². The molecule has 3 nitrogen and oxygen atoms in total. The summed E-state index contributed by atoms with van der Waals surface area (Å²) in [6.07, 6.45) is 4.28. The van der Waals surface area contributed by atoms with E-state index in [1.807, 2.05) is 25.1 Å². The third kappa shape index (κ3) is 4.34. The van der Waals surface area contributed by atoms with Gasteiger partial charge in [-0.3, -0.25) is 4.79 Å². The van der Waals surface area contributed by atoms with E-state index >= 15 is 0 Å². The molecule has 1 amide bonds. The third-order valence-electron chi connectivity index (χ3n) is 4.18. The van der Waals surface area contributed by atoms with Crippen LogP contribution >= 0.6 is 0 Å². The first-order valence-electron chi connectivity index (χ1n) is 7.61. The molecule has 2 rings (SSSR count). The number of aryl methyl sites for hydroxylation is 1. The summed E-state index contributed by atoms with van der Waals surface area (Å²) in [5.74, 6) is 6.53. The molecular weight excluding hydrogens is 262 g/mol. The minimum atomic E-state index is -0.141. The molecule has 112 valence electrons. The average molecular weight is 285 g/mol. The molecule has 1 saturated carbocycles. The summed E-state index contributed by atoms with van der Waals surface area (Å²) in [5.41, 5.74) is 2.71. The van der Waals surface area contributed by atoms with E-state index in [1.165, 1.54) is 0 Å². The monoisotopic (exact) mass is 285 g/mol. The fourth-order valence-corrected chi connectivity index (χ4v) is 2.78. The zero-order valence-corrected chi connectivity index (χ0v) is 12.8. The van der Waals surface area contributed by atoms with Gasteiger partial charge in [0.05, 0.1) is 0 Å². The topological polar surface area (TPSA) is 49.3 Å². The normalized spacial score (nSPS) is 21.3. The first-order chi connectivity index (χ1) is 10.1. The van der Waals surface area contributed by atoms with Gasteiger partial charge in [-0.15, -0.1) is 0 Å². The van der Waals surface area contributed by atoms with Gasteiger partial charge in [-0.2, -0.15) is 0 Å². The van der Waals surface area contributed by atoms with Gasteiger partial charge in [0.25, 0.3) is 0 Å². The lowest BCUT2D eigenvalue weighted by Gasteiger charge is -2.25. The maximum Gasteiger partial charge on any atom is 0.227 e. The lowest BCUT2D eigenvalue weighted by Crippen LogP contribution is -2.26. The lowest BCUT2D eigenvalue weighted by atomic mass is 9.82. The first-order valence-corrected chi connectivity index (χ1v) is 7.61. The summed E-state index contributed by atoms with van der Waals surface area (Å²) in [4.78, 5) is 12.3. The van der Waals surface area contributed by atoms with Crippen LogP contribution in [0, 0.1) is 30.6 Å². The summed E-state index contributed by atoms with van der Waals surface area (Å²) in [7, 11) is 0. The molecule has 0 atom stereocenters. The summed E-state index contributed by atoms with van der Waals surface area (Å²) < 4.78 is 0. The number of carbonyl (C=O) groups excluding carboxylic acids is 1. The number of amides is 1. The molecule has 0 spiro atoms. The number of hydrogen-bond acceptors (Lipinski definition) is 2. The second-order valence-electron chi connectivity index (χ2n) is 5.94. The Hall–Kier alpha value is -1.79. The van der Waals surface area contributed by atoms with E-state index in [0.717, 1.165) is 48.4 Å². The molecule has 0 bridgehead atoms. The summed E-state index contributed by atoms with van der Waals surface area (Å²) in [6, 6.07) is 5.69. The predicted molar refractivity (Wildman–Crippen MR) is 84.9 cm³/mol. The molecule has 1 aromatic carbocycles. The first kappa shape index (κ1) is 15.6. The average Bonchev–Trinajstić information content (AvgIpc) is 2.48. The molecular formula is C18H23NO2. The molecule has 3 heteroatoms. The van der Waals surface area contributed by atoms with Crippen LogP contribution in [-0.4, -0.2) is 17.6 Å². The number of rotatable bonds is 2. The van der Waals surface area contributed by atoms with E-state index < -0.39 is 0 Å². The quantitative estimate of drug-likeness (QED) is 0.820. The van der Waals surface area contributed by atoms with Crippen molar-refractivity contribution in [1.82, 2.24) is 0 Å². The maximum absolute atomic E-state index is 12.3. The molecule has 21 heavy (non-hydrogen) atoms. The Morgan fingerprint density at radius 1 is 1.33 bits per heavy atom. The molecule has 0 heterocycles. The Morgan fingerprint density at radius 3 is 2.67 bits per heavy atom. The zero-order valence-electron chi connectivity index (χ0n) is 12.8. The minimum Gasteiger partial charge on any atom is -0.384 e. The molecule has 1 fully saturated rings. The molecule has 0 aromatic heterocycles. The largest absolute Gasteiger partial charge is 0.384 e. The number of carbonyl (C=O) groups is 1. The van der Waals surface area contributed by atoms with Gasteiger partial charge in [-0.25, -0.2) is 0 Å². The molecule has 0 unspecified atom stereocenters. The minimum absolute atomic E-state index is 0.138. The Labute approximate surface area is 126 Å². The van der Waals surface area contributed by atoms with Crippen molar-refractivity contribution in [2.45, 2.75) is 39.5 Å². The zero-order chi connectivity index (χ0) is 15.2. The smallest absolute Gasteiger partial charge is 0.227 e. The molecule has 1 aliphatic carbocycles. The molecule has 0 radical (unpaired) electrons. The van der Waals surface area contributed by atoms with E-state index in [0.29, 0.717) is 0 Å². The highest BCUT2D eigenvalue weighted by Crippen LogP contribution is 2.29. The number of hydrogen-bond donors (Lipinski definition) is 2. The number of benzene rings is 1. The summed E-state index contributed by atoms with van der Waals surface area (Å²) >= 11 is 0. The van der Waals surface area contributed by atoms with E-state index in [4.69, 9.17) is 5.11 Å². The van der Waals surface area contributed by atoms with Crippen LogP contribution in [0.15, 0.2) is 18.2 Å². The van der Waals surface area contributed by atoms with E-state index in [9.17, 15) is 4.79 Å². The molecule has 1 aromatic rings. The summed E-state index contributed by atoms with van der Waals surface area (Å²) in [5, 5.41) is 11.7. The number of anilines is 1. The SMILES string of the molecule is Cc1cc(C#CCO)ccc1NC(=O)C1CCC(C)CC1. The van der Waals surface area contributed by atoms with Crippen molar-refractivity contribution in [1.29, 1.82) is 0 Å². The van der Waals surface area contributed by atoms with Crippen LogP contribution in [0.3, 0.4) is 0 Å². The maximum atomic E-state index is 12.3. The van der Waals surface area contributed by atoms with Crippen LogP contribution in [0.4, 0.5) is 5.69 Å². The molecule has 2 N–H and O–H groups in total. The van der Waals surface area contributed by atoms with Crippen molar-refractivity contribution in [3.63, 3.8) is 0 Å². The van der Waals surface area contributed by atoms with Crippen molar-refractivity contribution in [3.05, 3.63) is 29.3 Å². The standard InChI is InChI=1S/C18H23NO2/c1-13-5-8-16(9-6-13)18(21)19-17-10-7-15(4-3-11-20)12-14(17)2/h7,10,12-13,16,20H,5-6,8-9,11H2,1-2H3,(H,19,21).